The highest BCUT2D eigenvalue weighted by atomic mass is 16.7. The molecule has 0 radical (unpaired) electrons. The normalized spacial score (nSPS) is 55.2. The van der Waals surface area contributed by atoms with Crippen LogP contribution in [-0.4, -0.2) is 169 Å². The number of rotatable bonds is 8. The zero-order valence-electron chi connectivity index (χ0n) is 49.7. The fourth-order valence-electron chi connectivity index (χ4n) is 21.1. The first kappa shape index (κ1) is 60.2. The van der Waals surface area contributed by atoms with Crippen LogP contribution in [0.15, 0.2) is 23.3 Å². The minimum atomic E-state index is -0.996. The molecule has 0 aromatic rings. The zero-order chi connectivity index (χ0) is 58.2. The Balaban J connectivity index is 0.000000198. The van der Waals surface area contributed by atoms with Crippen molar-refractivity contribution in [3.8, 4) is 0 Å². The first-order chi connectivity index (χ1) is 38.8. The van der Waals surface area contributed by atoms with Crippen LogP contribution in [0.4, 0.5) is 0 Å². The van der Waals surface area contributed by atoms with Gasteiger partial charge in [-0.1, -0.05) is 27.7 Å². The third-order valence-electron chi connectivity index (χ3n) is 25.9. The highest BCUT2D eigenvalue weighted by Gasteiger charge is 2.72. The van der Waals surface area contributed by atoms with E-state index in [1.807, 2.05) is 13.8 Å². The van der Waals surface area contributed by atoms with E-state index in [0.717, 1.165) is 107 Å². The van der Waals surface area contributed by atoms with Crippen LogP contribution in [0.3, 0.4) is 0 Å². The van der Waals surface area contributed by atoms with Gasteiger partial charge in [0.1, 0.15) is 31.5 Å². The maximum atomic E-state index is 12.6. The summed E-state index contributed by atoms with van der Waals surface area (Å²) in [5.41, 5.74) is -0.291. The number of cyclic esters (lactones) is 2. The van der Waals surface area contributed by atoms with Gasteiger partial charge in [0.25, 0.3) is 0 Å². The Hall–Kier alpha value is -2.14. The van der Waals surface area contributed by atoms with E-state index in [1.165, 1.54) is 0 Å². The van der Waals surface area contributed by atoms with Crippen molar-refractivity contribution in [2.75, 3.05) is 13.2 Å². The average Bonchev–Trinajstić information content (AvgIpc) is 1.80. The van der Waals surface area contributed by atoms with Gasteiger partial charge in [-0.2, -0.15) is 0 Å². The summed E-state index contributed by atoms with van der Waals surface area (Å²) in [5, 5.41) is 88.7. The number of hydrogen-bond donors (Lipinski definition) is 8. The van der Waals surface area contributed by atoms with E-state index in [0.29, 0.717) is 49.7 Å². The van der Waals surface area contributed by atoms with Crippen molar-refractivity contribution in [3.63, 3.8) is 0 Å². The molecule has 8 saturated carbocycles. The van der Waals surface area contributed by atoms with Gasteiger partial charge in [0.15, 0.2) is 18.9 Å². The number of carbonyl (C=O) groups excluding carboxylic acids is 2. The highest BCUT2D eigenvalue weighted by Crippen LogP contribution is 2.72. The highest BCUT2D eigenvalue weighted by molar-refractivity contribution is 5.86. The van der Waals surface area contributed by atoms with E-state index in [4.69, 9.17) is 37.9 Å². The SMILES string of the molecule is C[C@H]1O[C@@H](O[C@H]2[C@@H](O)C[C@H](O[C@H]3[C@@H](O)C[C@H](O[C@H]4CC[C@@]5(C)[C@H](CC[C@@H]6[C@@H]5CC[C@]5(C)[C@@H](C7=CC(=O)OC7)CC[C@]65O)C4)O[C@@H]3C)O[C@@H]2C)C[C@H](O)[C@@H]1O.C[C@]12CC[C@H](O)C[C@H]1CC[C@@H]1[C@@H]2C[C@@H](O)[C@]2(C)[C@@H](C3=CC(=O)OC3)CC[C@]12O. The van der Waals surface area contributed by atoms with Crippen LogP contribution in [0.1, 0.15) is 177 Å². The third kappa shape index (κ3) is 9.87. The second kappa shape index (κ2) is 22.2. The second-order valence-corrected chi connectivity index (χ2v) is 29.5. The summed E-state index contributed by atoms with van der Waals surface area (Å²) in [6, 6.07) is 0. The first-order valence-corrected chi connectivity index (χ1v) is 32.0. The Morgan fingerprint density at radius 2 is 1.00 bits per heavy atom. The third-order valence-corrected chi connectivity index (χ3v) is 25.9. The largest absolute Gasteiger partial charge is 0.458 e. The van der Waals surface area contributed by atoms with Gasteiger partial charge in [-0.15, -0.1) is 0 Å². The van der Waals surface area contributed by atoms with Gasteiger partial charge in [0, 0.05) is 42.2 Å². The predicted octanol–water partition coefficient (Wildman–Crippen LogP) is 5.82. The van der Waals surface area contributed by atoms with Crippen molar-refractivity contribution >= 4 is 11.9 Å². The van der Waals surface area contributed by atoms with E-state index < -0.39 is 96.5 Å². The van der Waals surface area contributed by atoms with Crippen LogP contribution < -0.4 is 0 Å². The molecule has 0 spiro atoms. The number of carbonyl (C=O) groups is 2. The molecule has 11 fully saturated rings. The number of esters is 2. The number of ether oxygens (including phenoxy) is 8. The summed E-state index contributed by atoms with van der Waals surface area (Å²) in [7, 11) is 0. The maximum absolute atomic E-state index is 12.6. The zero-order valence-corrected chi connectivity index (χ0v) is 49.7. The minimum Gasteiger partial charge on any atom is -0.458 e. The molecule has 18 heteroatoms. The van der Waals surface area contributed by atoms with Crippen molar-refractivity contribution in [1.82, 2.24) is 0 Å². The van der Waals surface area contributed by atoms with Crippen LogP contribution in [-0.2, 0) is 47.5 Å². The molecule has 0 bridgehead atoms. The van der Waals surface area contributed by atoms with E-state index in [2.05, 4.69) is 20.8 Å². The molecule has 462 valence electrons. The van der Waals surface area contributed by atoms with Gasteiger partial charge in [0.2, 0.25) is 0 Å². The van der Waals surface area contributed by atoms with Crippen molar-refractivity contribution in [3.05, 3.63) is 23.3 Å². The summed E-state index contributed by atoms with van der Waals surface area (Å²) in [5.74, 6) is 1.79. The van der Waals surface area contributed by atoms with Gasteiger partial charge < -0.3 is 78.7 Å². The van der Waals surface area contributed by atoms with E-state index in [-0.39, 0.29) is 83.3 Å². The van der Waals surface area contributed by atoms with Crippen LogP contribution in [0.2, 0.25) is 0 Å². The van der Waals surface area contributed by atoms with Crippen molar-refractivity contribution in [1.29, 1.82) is 0 Å². The van der Waals surface area contributed by atoms with Gasteiger partial charge in [0.05, 0.1) is 66.1 Å². The number of aliphatic hydroxyl groups excluding tert-OH is 6. The molecule has 5 aliphatic heterocycles. The molecule has 8 aliphatic carbocycles. The molecule has 0 unspecified atom stereocenters. The molecule has 13 rings (SSSR count). The second-order valence-electron chi connectivity index (χ2n) is 29.5. The van der Waals surface area contributed by atoms with Crippen LogP contribution in [0.5, 0.6) is 0 Å². The number of aliphatic hydroxyl groups is 8. The molecule has 5 heterocycles. The van der Waals surface area contributed by atoms with Crippen molar-refractivity contribution in [2.24, 2.45) is 69.0 Å². The van der Waals surface area contributed by atoms with Gasteiger partial charge >= 0.3 is 11.9 Å². The maximum Gasteiger partial charge on any atom is 0.331 e. The topological polar surface area (TPSA) is 270 Å². The Bertz CT molecular complexity index is 2400. The van der Waals surface area contributed by atoms with Gasteiger partial charge in [-0.3, -0.25) is 0 Å². The smallest absolute Gasteiger partial charge is 0.331 e. The molecule has 29 atom stereocenters. The Morgan fingerprint density at radius 1 is 0.488 bits per heavy atom. The van der Waals surface area contributed by atoms with Crippen molar-refractivity contribution < 1.29 is 88.3 Å². The molecule has 82 heavy (non-hydrogen) atoms. The Morgan fingerprint density at radius 3 is 1.59 bits per heavy atom. The van der Waals surface area contributed by atoms with Gasteiger partial charge in [-0.25, -0.2) is 9.59 Å². The fourth-order valence-corrected chi connectivity index (χ4v) is 21.1. The lowest BCUT2D eigenvalue weighted by Gasteiger charge is -2.64. The Labute approximate surface area is 484 Å². The summed E-state index contributed by atoms with van der Waals surface area (Å²) in [4.78, 5) is 23.6. The molecular formula is C64H98O18. The standard InChI is InChI=1S/C41H64O13.C23H34O5/c1-20-36(46)29(42)16-34(49-20)53-38-22(3)51-35(18-31(38)44)54-37-21(2)50-33(17-30(37)43)52-25-8-11-39(4)24(15-25)6-7-28-27(39)9-12-40(5)26(10-13-41(28,40)47)23-14-32(45)48-19-23;1-21-7-5-15(24)10-14(21)3-4-17-18(21)11-19(25)22(2)16(6-8-23(17,22)27)13-9-20(26)28-12-13/h14,20-22,24-31,33-38,42-44,46-47H,6-13,15-19H2,1-5H3;9,14-19,24-25,27H,3-8,10-12H2,1-2H3/t20-,21-,22-,24-,25+,26-,27+,28-,29+,30+,31+,33+,34+,35+,36-,37-,38-,39+,40-,41+;14-,15+,16-,17-,18+,19-,21+,22+,23+/m11/s1. The minimum absolute atomic E-state index is 0.00129. The predicted molar refractivity (Wildman–Crippen MR) is 294 cm³/mol. The number of hydrogen-bond acceptors (Lipinski definition) is 18. The Kier molecular flexibility index (Phi) is 16.3. The molecule has 8 N–H and O–H groups in total. The monoisotopic (exact) mass is 1150 g/mol. The van der Waals surface area contributed by atoms with Gasteiger partial charge in [-0.05, 0) is 199 Å². The molecule has 0 amide bonds. The van der Waals surface area contributed by atoms with E-state index in [1.54, 1.807) is 26.0 Å². The molecule has 3 saturated heterocycles. The quantitative estimate of drug-likeness (QED) is 0.105. The molecule has 18 nitrogen and oxygen atoms in total. The lowest BCUT2D eigenvalue weighted by Crippen LogP contribution is -2.67. The first-order valence-electron chi connectivity index (χ1n) is 32.0. The lowest BCUT2D eigenvalue weighted by atomic mass is 9.42. The number of fused-ring (bicyclic) bond motifs is 10. The fraction of sp³-hybridized carbons (Fsp3) is 0.906. The van der Waals surface area contributed by atoms with Crippen LogP contribution in [0.25, 0.3) is 0 Å². The summed E-state index contributed by atoms with van der Waals surface area (Å²) in [6.45, 7) is 15.1. The lowest BCUT2D eigenvalue weighted by molar-refractivity contribution is -0.336. The van der Waals surface area contributed by atoms with E-state index in [9.17, 15) is 50.4 Å². The average molecular weight is 1160 g/mol. The van der Waals surface area contributed by atoms with Crippen molar-refractivity contribution in [2.45, 2.75) is 280 Å². The molecule has 0 aromatic heterocycles. The summed E-state index contributed by atoms with van der Waals surface area (Å²) < 4.78 is 47.4. The molecular weight excluding hydrogens is 1060 g/mol. The van der Waals surface area contributed by atoms with Crippen LogP contribution in [0, 0.1) is 69.0 Å². The van der Waals surface area contributed by atoms with E-state index >= 15 is 0 Å². The molecule has 0 aromatic carbocycles. The van der Waals surface area contributed by atoms with Crippen LogP contribution >= 0.6 is 0 Å². The molecule has 13 aliphatic rings. The summed E-state index contributed by atoms with van der Waals surface area (Å²) >= 11 is 0. The summed E-state index contributed by atoms with van der Waals surface area (Å²) in [6.07, 6.45) is 9.59.